The zero-order valence-corrected chi connectivity index (χ0v) is 17.9. The van der Waals surface area contributed by atoms with Gasteiger partial charge in [-0.15, -0.1) is 0 Å². The molecule has 0 atom stereocenters. The monoisotopic (exact) mass is 427 g/mol. The Labute approximate surface area is 177 Å². The summed E-state index contributed by atoms with van der Waals surface area (Å²) in [6, 6.07) is 5.23. The number of phenolic OH excluding ortho intramolecular Hbond substituents is 1. The predicted molar refractivity (Wildman–Crippen MR) is 118 cm³/mol. The van der Waals surface area contributed by atoms with Crippen LogP contribution in [0.15, 0.2) is 39.2 Å². The van der Waals surface area contributed by atoms with Gasteiger partial charge in [-0.25, -0.2) is 15.2 Å². The third kappa shape index (κ3) is 4.20. The van der Waals surface area contributed by atoms with Gasteiger partial charge in [0.05, 0.1) is 12.5 Å². The van der Waals surface area contributed by atoms with Gasteiger partial charge in [-0.2, -0.15) is 5.10 Å². The highest BCUT2D eigenvalue weighted by atomic mass is 16.3. The van der Waals surface area contributed by atoms with E-state index in [0.717, 1.165) is 23.3 Å². The first kappa shape index (κ1) is 21.8. The average molecular weight is 427 g/mol. The summed E-state index contributed by atoms with van der Waals surface area (Å²) in [4.78, 5) is 42.8. The van der Waals surface area contributed by atoms with Crippen LogP contribution < -0.4 is 21.6 Å². The molecule has 0 saturated heterocycles. The van der Waals surface area contributed by atoms with E-state index in [2.05, 4.69) is 20.4 Å². The smallest absolute Gasteiger partial charge is 0.332 e. The number of hydrogen-bond donors (Lipinski definition) is 2. The molecule has 0 saturated carbocycles. The van der Waals surface area contributed by atoms with Crippen LogP contribution in [0.2, 0.25) is 0 Å². The van der Waals surface area contributed by atoms with Crippen LogP contribution in [-0.4, -0.2) is 49.0 Å². The predicted octanol–water partition coefficient (Wildman–Crippen LogP) is 0.136. The van der Waals surface area contributed by atoms with Gasteiger partial charge in [0.1, 0.15) is 12.3 Å². The molecule has 0 spiro atoms. The number of benzene rings is 1. The maximum Gasteiger partial charge on any atom is 0.332 e. The van der Waals surface area contributed by atoms with Gasteiger partial charge in [0.2, 0.25) is 0 Å². The van der Waals surface area contributed by atoms with E-state index in [9.17, 15) is 19.5 Å². The van der Waals surface area contributed by atoms with E-state index in [-0.39, 0.29) is 23.5 Å². The number of amides is 1. The molecule has 0 unspecified atom stereocenters. The van der Waals surface area contributed by atoms with Crippen molar-refractivity contribution in [3.63, 3.8) is 0 Å². The van der Waals surface area contributed by atoms with Crippen molar-refractivity contribution in [2.75, 3.05) is 18.0 Å². The van der Waals surface area contributed by atoms with Crippen LogP contribution in [-0.2, 0) is 25.4 Å². The number of aromatic nitrogens is 4. The van der Waals surface area contributed by atoms with Gasteiger partial charge in [-0.3, -0.25) is 18.7 Å². The molecule has 31 heavy (non-hydrogen) atoms. The summed E-state index contributed by atoms with van der Waals surface area (Å²) in [5.74, 6) is -0.446. The summed E-state index contributed by atoms with van der Waals surface area (Å²) in [5, 5.41) is 14.1. The molecular weight excluding hydrogens is 402 g/mol. The lowest BCUT2D eigenvalue weighted by Gasteiger charge is -2.21. The first-order chi connectivity index (χ1) is 14.8. The lowest BCUT2D eigenvalue weighted by molar-refractivity contribution is -0.121. The summed E-state index contributed by atoms with van der Waals surface area (Å²) in [6.07, 6.45) is 2.67. The lowest BCUT2D eigenvalue weighted by atomic mass is 10.2. The number of hydrazone groups is 1. The molecule has 0 aliphatic carbocycles. The second-order valence-corrected chi connectivity index (χ2v) is 6.96. The van der Waals surface area contributed by atoms with Crippen LogP contribution in [0.5, 0.6) is 5.75 Å². The van der Waals surface area contributed by atoms with Crippen molar-refractivity contribution in [3.05, 3.63) is 50.9 Å². The maximum absolute atomic E-state index is 12.4. The molecule has 1 amide bonds. The van der Waals surface area contributed by atoms with Gasteiger partial charge in [-0.1, -0.05) is 0 Å². The number of nitrogens with one attached hydrogen (secondary N) is 1. The van der Waals surface area contributed by atoms with E-state index in [0.29, 0.717) is 5.56 Å². The molecule has 2 heterocycles. The maximum atomic E-state index is 12.4. The minimum Gasteiger partial charge on any atom is -0.507 e. The molecule has 3 aromatic rings. The second-order valence-electron chi connectivity index (χ2n) is 6.96. The molecule has 0 fully saturated rings. The standard InChI is InChI=1S/C20H25N7O4/c1-5-26(6-2)14-8-7-13(15(28)9-14)10-22-23-16(29)11-27-12-21-18-17(27)19(30)25(4)20(31)24(18)3/h7-10,12,28H,5-6,11H2,1-4H3,(H,23,29)/b22-10+. The third-order valence-electron chi connectivity index (χ3n) is 5.07. The Morgan fingerprint density at radius 3 is 2.58 bits per heavy atom. The molecule has 1 aromatic carbocycles. The number of aromatic hydroxyl groups is 1. The molecule has 0 bridgehead atoms. The number of hydrogen-bond acceptors (Lipinski definition) is 7. The number of rotatable bonds is 7. The van der Waals surface area contributed by atoms with Crippen molar-refractivity contribution in [3.8, 4) is 5.75 Å². The van der Waals surface area contributed by atoms with Crippen molar-refractivity contribution in [1.82, 2.24) is 24.1 Å². The minimum atomic E-state index is -0.537. The first-order valence-corrected chi connectivity index (χ1v) is 9.79. The molecule has 2 aromatic heterocycles. The Morgan fingerprint density at radius 2 is 1.94 bits per heavy atom. The number of carbonyl (C=O) groups is 1. The van der Waals surface area contributed by atoms with Gasteiger partial charge in [0, 0.05) is 44.5 Å². The van der Waals surface area contributed by atoms with E-state index >= 15 is 0 Å². The molecule has 3 rings (SSSR count). The number of anilines is 1. The molecule has 0 radical (unpaired) electrons. The van der Waals surface area contributed by atoms with E-state index in [1.54, 1.807) is 12.1 Å². The summed E-state index contributed by atoms with van der Waals surface area (Å²) in [5.41, 5.74) is 3.02. The number of imidazole rings is 1. The van der Waals surface area contributed by atoms with Gasteiger partial charge in [0.25, 0.3) is 11.5 Å². The zero-order chi connectivity index (χ0) is 22.7. The van der Waals surface area contributed by atoms with Gasteiger partial charge in [0.15, 0.2) is 11.2 Å². The van der Waals surface area contributed by atoms with Gasteiger partial charge >= 0.3 is 5.69 Å². The highest BCUT2D eigenvalue weighted by molar-refractivity contribution is 5.86. The number of nitrogens with zero attached hydrogens (tertiary/aromatic N) is 6. The van der Waals surface area contributed by atoms with E-state index in [1.165, 1.54) is 35.8 Å². The topological polar surface area (TPSA) is 127 Å². The molecule has 11 heteroatoms. The fraction of sp³-hybridized carbons (Fsp3) is 0.350. The number of phenols is 1. The van der Waals surface area contributed by atoms with Crippen molar-refractivity contribution < 1.29 is 9.90 Å². The SMILES string of the molecule is CCN(CC)c1ccc(/C=N/NC(=O)Cn2cnc3c2c(=O)n(C)c(=O)n3C)c(O)c1. The van der Waals surface area contributed by atoms with Crippen LogP contribution in [0.25, 0.3) is 11.2 Å². The highest BCUT2D eigenvalue weighted by Gasteiger charge is 2.15. The van der Waals surface area contributed by atoms with Crippen LogP contribution >= 0.6 is 0 Å². The number of aryl methyl sites for hydroxylation is 1. The molecule has 11 nitrogen and oxygen atoms in total. The summed E-state index contributed by atoms with van der Waals surface area (Å²) in [6.45, 7) is 5.49. The summed E-state index contributed by atoms with van der Waals surface area (Å²) < 4.78 is 3.56. The molecule has 2 N–H and O–H groups in total. The van der Waals surface area contributed by atoms with Gasteiger partial charge < -0.3 is 14.6 Å². The van der Waals surface area contributed by atoms with Crippen molar-refractivity contribution in [2.45, 2.75) is 20.4 Å². The van der Waals surface area contributed by atoms with Gasteiger partial charge in [-0.05, 0) is 26.0 Å². The Bertz CT molecular complexity index is 1260. The molecule has 164 valence electrons. The second kappa shape index (κ2) is 8.86. The number of fused-ring (bicyclic) bond motifs is 1. The lowest BCUT2D eigenvalue weighted by Crippen LogP contribution is -2.38. The number of carbonyl (C=O) groups excluding carboxylic acids is 1. The highest BCUT2D eigenvalue weighted by Crippen LogP contribution is 2.23. The molecule has 0 aliphatic heterocycles. The Hall–Kier alpha value is -3.89. The van der Waals surface area contributed by atoms with Crippen LogP contribution in [0.1, 0.15) is 19.4 Å². The van der Waals surface area contributed by atoms with E-state index < -0.39 is 17.2 Å². The Morgan fingerprint density at radius 1 is 1.23 bits per heavy atom. The fourth-order valence-corrected chi connectivity index (χ4v) is 3.31. The molecular formula is C20H25N7O4. The van der Waals surface area contributed by atoms with Crippen LogP contribution in [0, 0.1) is 0 Å². The van der Waals surface area contributed by atoms with Crippen molar-refractivity contribution in [2.24, 2.45) is 19.2 Å². The van der Waals surface area contributed by atoms with E-state index in [4.69, 9.17) is 0 Å². The molecule has 0 aliphatic rings. The first-order valence-electron chi connectivity index (χ1n) is 9.79. The van der Waals surface area contributed by atoms with Crippen LogP contribution in [0.4, 0.5) is 5.69 Å². The fourth-order valence-electron chi connectivity index (χ4n) is 3.31. The Balaban J connectivity index is 1.73. The van der Waals surface area contributed by atoms with Crippen molar-refractivity contribution in [1.29, 1.82) is 0 Å². The third-order valence-corrected chi connectivity index (χ3v) is 5.07. The van der Waals surface area contributed by atoms with E-state index in [1.807, 2.05) is 19.9 Å². The van der Waals surface area contributed by atoms with Crippen LogP contribution in [0.3, 0.4) is 0 Å². The normalized spacial score (nSPS) is 11.4. The summed E-state index contributed by atoms with van der Waals surface area (Å²) in [7, 11) is 2.87. The Kier molecular flexibility index (Phi) is 6.23. The largest absolute Gasteiger partial charge is 0.507 e. The minimum absolute atomic E-state index is 0.0485. The van der Waals surface area contributed by atoms with Crippen molar-refractivity contribution >= 4 is 29.0 Å². The average Bonchev–Trinajstić information content (AvgIpc) is 3.16. The quantitative estimate of drug-likeness (QED) is 0.408. The zero-order valence-electron chi connectivity index (χ0n) is 17.9. The summed E-state index contributed by atoms with van der Waals surface area (Å²) >= 11 is 0.